The summed E-state index contributed by atoms with van der Waals surface area (Å²) in [4.78, 5) is 9.33. The molecule has 0 saturated carbocycles. The maximum atomic E-state index is 5.53. The van der Waals surface area contributed by atoms with Gasteiger partial charge in [-0.25, -0.2) is 9.97 Å². The summed E-state index contributed by atoms with van der Waals surface area (Å²) >= 11 is 0. The summed E-state index contributed by atoms with van der Waals surface area (Å²) in [6.07, 6.45) is 5.77. The van der Waals surface area contributed by atoms with Crippen LogP contribution < -0.4 is 5.32 Å². The lowest BCUT2D eigenvalue weighted by atomic mass is 9.74. The molecule has 1 atom stereocenters. The molecule has 0 spiro atoms. The minimum atomic E-state index is 0.254. The molecule has 1 aliphatic carbocycles. The van der Waals surface area contributed by atoms with Gasteiger partial charge in [0, 0.05) is 23.5 Å². The van der Waals surface area contributed by atoms with Crippen molar-refractivity contribution in [2.75, 3.05) is 6.54 Å². The topological polar surface area (TPSA) is 51.0 Å². The van der Waals surface area contributed by atoms with Crippen molar-refractivity contribution in [1.29, 1.82) is 0 Å². The minimum absolute atomic E-state index is 0.254. The zero-order valence-electron chi connectivity index (χ0n) is 13.2. The molecule has 0 bridgehead atoms. The Morgan fingerprint density at radius 3 is 2.90 bits per heavy atom. The van der Waals surface area contributed by atoms with Crippen molar-refractivity contribution >= 4 is 0 Å². The minimum Gasteiger partial charge on any atom is -0.461 e. The van der Waals surface area contributed by atoms with Crippen LogP contribution in [0.15, 0.2) is 22.9 Å². The summed E-state index contributed by atoms with van der Waals surface area (Å²) in [5, 5.41) is 3.56. The molecular weight excluding hydrogens is 262 g/mol. The maximum absolute atomic E-state index is 5.53. The Morgan fingerprint density at radius 2 is 2.24 bits per heavy atom. The molecular formula is C17H23N3O. The summed E-state index contributed by atoms with van der Waals surface area (Å²) in [7, 11) is 0. The van der Waals surface area contributed by atoms with E-state index in [4.69, 9.17) is 9.40 Å². The van der Waals surface area contributed by atoms with E-state index >= 15 is 0 Å². The van der Waals surface area contributed by atoms with Gasteiger partial charge < -0.3 is 9.73 Å². The van der Waals surface area contributed by atoms with Crippen LogP contribution in [0.3, 0.4) is 0 Å². The van der Waals surface area contributed by atoms with Crippen LogP contribution >= 0.6 is 0 Å². The lowest BCUT2D eigenvalue weighted by Gasteiger charge is -2.36. The van der Waals surface area contributed by atoms with E-state index in [2.05, 4.69) is 31.1 Å². The second kappa shape index (κ2) is 5.26. The molecule has 0 fully saturated rings. The van der Waals surface area contributed by atoms with Crippen molar-refractivity contribution < 1.29 is 4.42 Å². The first-order chi connectivity index (χ1) is 10.00. The lowest BCUT2D eigenvalue weighted by Crippen LogP contribution is -2.34. The number of aryl methyl sites for hydroxylation is 1. The first kappa shape index (κ1) is 14.3. The van der Waals surface area contributed by atoms with Crippen molar-refractivity contribution in [2.24, 2.45) is 5.41 Å². The number of hydrogen-bond donors (Lipinski definition) is 1. The maximum Gasteiger partial charge on any atom is 0.196 e. The molecule has 2 heterocycles. The van der Waals surface area contributed by atoms with Crippen molar-refractivity contribution in [3.63, 3.8) is 0 Å². The van der Waals surface area contributed by atoms with E-state index in [1.54, 1.807) is 6.26 Å². The van der Waals surface area contributed by atoms with Crippen molar-refractivity contribution in [2.45, 2.75) is 46.6 Å². The number of furan rings is 1. The second-order valence-corrected chi connectivity index (χ2v) is 6.68. The van der Waals surface area contributed by atoms with E-state index < -0.39 is 0 Å². The van der Waals surface area contributed by atoms with Crippen LogP contribution in [0.5, 0.6) is 0 Å². The summed E-state index contributed by atoms with van der Waals surface area (Å²) in [5.41, 5.74) is 3.72. The zero-order chi connectivity index (χ0) is 15.0. The number of nitrogens with zero attached hydrogens (tertiary/aromatic N) is 2. The molecule has 2 aromatic heterocycles. The summed E-state index contributed by atoms with van der Waals surface area (Å²) < 4.78 is 5.53. The number of nitrogens with one attached hydrogen (secondary N) is 1. The molecule has 4 nitrogen and oxygen atoms in total. The van der Waals surface area contributed by atoms with Gasteiger partial charge in [-0.15, -0.1) is 0 Å². The van der Waals surface area contributed by atoms with Crippen LogP contribution in [0.1, 0.15) is 50.1 Å². The van der Waals surface area contributed by atoms with Gasteiger partial charge in [0.2, 0.25) is 0 Å². The van der Waals surface area contributed by atoms with Crippen LogP contribution in [0.4, 0.5) is 0 Å². The van der Waals surface area contributed by atoms with Gasteiger partial charge in [-0.3, -0.25) is 0 Å². The Hall–Kier alpha value is -1.68. The Kier molecular flexibility index (Phi) is 3.57. The number of fused-ring (bicyclic) bond motifs is 1. The Balaban J connectivity index is 2.03. The van der Waals surface area contributed by atoms with Gasteiger partial charge in [0.25, 0.3) is 0 Å². The second-order valence-electron chi connectivity index (χ2n) is 6.68. The zero-order valence-corrected chi connectivity index (χ0v) is 13.2. The Bertz CT molecular complexity index is 645. The fraction of sp³-hybridized carbons (Fsp3) is 0.529. The Morgan fingerprint density at radius 1 is 1.43 bits per heavy atom. The third-order valence-electron chi connectivity index (χ3n) is 4.19. The van der Waals surface area contributed by atoms with Gasteiger partial charge in [-0.1, -0.05) is 20.8 Å². The van der Waals surface area contributed by atoms with Gasteiger partial charge >= 0.3 is 0 Å². The van der Waals surface area contributed by atoms with Gasteiger partial charge in [-0.2, -0.15) is 0 Å². The first-order valence-electron chi connectivity index (χ1n) is 7.64. The average molecular weight is 285 g/mol. The third kappa shape index (κ3) is 2.72. The first-order valence-corrected chi connectivity index (χ1v) is 7.64. The fourth-order valence-electron chi connectivity index (χ4n) is 3.19. The summed E-state index contributed by atoms with van der Waals surface area (Å²) in [6, 6.07) is 2.30. The standard InChI is InChI=1S/C17H23N3O/c1-5-18-13-8-17(3,4)9-14-12(13)10-19-16(20-14)15-11(2)6-7-21-15/h6-7,10,13,18H,5,8-9H2,1-4H3. The van der Waals surface area contributed by atoms with Crippen LogP contribution in [0.25, 0.3) is 11.6 Å². The fourth-order valence-corrected chi connectivity index (χ4v) is 3.19. The van der Waals surface area contributed by atoms with Crippen molar-refractivity contribution in [3.05, 3.63) is 35.3 Å². The van der Waals surface area contributed by atoms with Gasteiger partial charge in [0.1, 0.15) is 0 Å². The molecule has 0 amide bonds. The van der Waals surface area contributed by atoms with Gasteiger partial charge in [0.15, 0.2) is 11.6 Å². The molecule has 0 radical (unpaired) electrons. The van der Waals surface area contributed by atoms with Gasteiger partial charge in [0.05, 0.1) is 6.26 Å². The highest BCUT2D eigenvalue weighted by Gasteiger charge is 2.33. The average Bonchev–Trinajstić information content (AvgIpc) is 2.83. The van der Waals surface area contributed by atoms with Gasteiger partial charge in [-0.05, 0) is 43.4 Å². The molecule has 4 heteroatoms. The molecule has 1 N–H and O–H groups in total. The largest absolute Gasteiger partial charge is 0.461 e. The van der Waals surface area contributed by atoms with E-state index in [-0.39, 0.29) is 5.41 Å². The highest BCUT2D eigenvalue weighted by Crippen LogP contribution is 2.40. The van der Waals surface area contributed by atoms with Crippen LogP contribution in [0, 0.1) is 12.3 Å². The molecule has 2 aromatic rings. The molecule has 0 saturated heterocycles. The highest BCUT2D eigenvalue weighted by molar-refractivity contribution is 5.52. The smallest absolute Gasteiger partial charge is 0.196 e. The highest BCUT2D eigenvalue weighted by atomic mass is 16.3. The van der Waals surface area contributed by atoms with E-state index in [0.717, 1.165) is 36.4 Å². The van der Waals surface area contributed by atoms with Crippen LogP contribution in [-0.2, 0) is 6.42 Å². The predicted octanol–water partition coefficient (Wildman–Crippen LogP) is 3.67. The number of aromatic nitrogens is 2. The SMILES string of the molecule is CCNC1CC(C)(C)Cc2nc(-c3occc3C)ncc21. The Labute approximate surface area is 126 Å². The quantitative estimate of drug-likeness (QED) is 0.935. The molecule has 3 rings (SSSR count). The van der Waals surface area contributed by atoms with Crippen LogP contribution in [0.2, 0.25) is 0 Å². The number of rotatable bonds is 3. The van der Waals surface area contributed by atoms with Crippen LogP contribution in [-0.4, -0.2) is 16.5 Å². The third-order valence-corrected chi connectivity index (χ3v) is 4.19. The normalized spacial score (nSPS) is 20.3. The molecule has 0 aromatic carbocycles. The predicted molar refractivity (Wildman–Crippen MR) is 83.0 cm³/mol. The molecule has 0 aliphatic heterocycles. The van der Waals surface area contributed by atoms with E-state index in [0.29, 0.717) is 11.9 Å². The summed E-state index contributed by atoms with van der Waals surface area (Å²) in [6.45, 7) is 9.73. The number of hydrogen-bond acceptors (Lipinski definition) is 4. The lowest BCUT2D eigenvalue weighted by molar-refractivity contribution is 0.255. The molecule has 21 heavy (non-hydrogen) atoms. The molecule has 1 unspecified atom stereocenters. The van der Waals surface area contributed by atoms with E-state index in [9.17, 15) is 0 Å². The van der Waals surface area contributed by atoms with E-state index in [1.807, 2.05) is 19.2 Å². The monoisotopic (exact) mass is 285 g/mol. The van der Waals surface area contributed by atoms with E-state index in [1.165, 1.54) is 5.56 Å². The molecule has 1 aliphatic rings. The molecule has 112 valence electrons. The van der Waals surface area contributed by atoms with Crippen molar-refractivity contribution in [3.8, 4) is 11.6 Å². The summed E-state index contributed by atoms with van der Waals surface area (Å²) in [5.74, 6) is 1.48. The van der Waals surface area contributed by atoms with Crippen molar-refractivity contribution in [1.82, 2.24) is 15.3 Å².